The minimum Gasteiger partial charge on any atom is -0.366 e. The molecule has 0 bridgehead atoms. The normalized spacial score (nSPS) is 11.5. The van der Waals surface area contributed by atoms with E-state index in [0.29, 0.717) is 17.7 Å². The summed E-state index contributed by atoms with van der Waals surface area (Å²) in [5, 5.41) is 2.78. The molecule has 0 unspecified atom stereocenters. The molecule has 0 aliphatic carbocycles. The predicted octanol–water partition coefficient (Wildman–Crippen LogP) is 2.19. The predicted molar refractivity (Wildman–Crippen MR) is 91.0 cm³/mol. The van der Waals surface area contributed by atoms with Crippen molar-refractivity contribution in [2.45, 2.75) is 32.1 Å². The van der Waals surface area contributed by atoms with Gasteiger partial charge in [-0.2, -0.15) is 0 Å². The Morgan fingerprint density at radius 2 is 1.92 bits per heavy atom. The number of benzene rings is 1. The van der Waals surface area contributed by atoms with Crippen molar-refractivity contribution in [2.24, 2.45) is 0 Å². The van der Waals surface area contributed by atoms with Gasteiger partial charge in [0.1, 0.15) is 6.33 Å². The summed E-state index contributed by atoms with van der Waals surface area (Å²) >= 11 is 0. The fourth-order valence-corrected chi connectivity index (χ4v) is 3.58. The summed E-state index contributed by atoms with van der Waals surface area (Å²) in [7, 11) is -3.61. The molecular formula is C16H21FN4O2S. The highest BCUT2D eigenvalue weighted by molar-refractivity contribution is 7.89. The Morgan fingerprint density at radius 1 is 1.17 bits per heavy atom. The molecule has 24 heavy (non-hydrogen) atoms. The van der Waals surface area contributed by atoms with Crippen LogP contribution in [0, 0.1) is 19.7 Å². The Balaban J connectivity index is 1.98. The molecule has 0 aliphatic heterocycles. The van der Waals surface area contributed by atoms with E-state index in [2.05, 4.69) is 20.0 Å². The van der Waals surface area contributed by atoms with Gasteiger partial charge in [-0.15, -0.1) is 0 Å². The van der Waals surface area contributed by atoms with Crippen molar-refractivity contribution >= 4 is 15.8 Å². The fraction of sp³-hybridized carbons (Fsp3) is 0.375. The Labute approximate surface area is 141 Å². The van der Waals surface area contributed by atoms with E-state index in [4.69, 9.17) is 0 Å². The van der Waals surface area contributed by atoms with Crippen LogP contribution in [0.25, 0.3) is 0 Å². The van der Waals surface area contributed by atoms with E-state index in [-0.39, 0.29) is 23.8 Å². The smallest absolute Gasteiger partial charge is 0.240 e. The molecule has 0 aliphatic rings. The van der Waals surface area contributed by atoms with Crippen molar-refractivity contribution in [3.05, 3.63) is 47.2 Å². The Bertz CT molecular complexity index is 825. The highest BCUT2D eigenvalue weighted by atomic mass is 32.2. The van der Waals surface area contributed by atoms with E-state index in [1.54, 1.807) is 26.0 Å². The van der Waals surface area contributed by atoms with Crippen molar-refractivity contribution < 1.29 is 12.8 Å². The van der Waals surface area contributed by atoms with Crippen molar-refractivity contribution in [3.63, 3.8) is 0 Å². The zero-order chi connectivity index (χ0) is 17.7. The summed E-state index contributed by atoms with van der Waals surface area (Å²) < 4.78 is 41.2. The first-order valence-corrected chi connectivity index (χ1v) is 9.13. The molecule has 0 atom stereocenters. The average Bonchev–Trinajstić information content (AvgIpc) is 2.55. The zero-order valence-electron chi connectivity index (χ0n) is 13.9. The Kier molecular flexibility index (Phi) is 5.84. The number of hydrogen-bond donors (Lipinski definition) is 2. The topological polar surface area (TPSA) is 84.0 Å². The van der Waals surface area contributed by atoms with E-state index in [1.807, 2.05) is 13.0 Å². The standard InChI is InChI=1S/C16H21FN4O2S/c1-4-13-15(17)16(20-10-19-13)18-7-8-21-24(22,23)14-9-11(2)5-6-12(14)3/h5-6,9-10,21H,4,7-8H2,1-3H3,(H,18,19,20). The number of nitrogens with zero attached hydrogens (tertiary/aromatic N) is 2. The van der Waals surface area contributed by atoms with Crippen molar-refractivity contribution in [3.8, 4) is 0 Å². The van der Waals surface area contributed by atoms with Crippen LogP contribution in [-0.4, -0.2) is 31.5 Å². The van der Waals surface area contributed by atoms with Gasteiger partial charge >= 0.3 is 0 Å². The first kappa shape index (κ1) is 18.3. The number of nitrogens with one attached hydrogen (secondary N) is 2. The maximum atomic E-state index is 14.0. The summed E-state index contributed by atoms with van der Waals surface area (Å²) in [5.41, 5.74) is 1.87. The largest absolute Gasteiger partial charge is 0.366 e. The molecule has 0 amide bonds. The number of sulfonamides is 1. The van der Waals surface area contributed by atoms with Crippen LogP contribution in [0.2, 0.25) is 0 Å². The van der Waals surface area contributed by atoms with E-state index in [9.17, 15) is 12.8 Å². The molecule has 8 heteroatoms. The second-order valence-electron chi connectivity index (χ2n) is 5.43. The average molecular weight is 352 g/mol. The molecule has 0 radical (unpaired) electrons. The molecular weight excluding hydrogens is 331 g/mol. The van der Waals surface area contributed by atoms with Crippen LogP contribution in [0.4, 0.5) is 10.2 Å². The van der Waals surface area contributed by atoms with E-state index < -0.39 is 15.8 Å². The lowest BCUT2D eigenvalue weighted by molar-refractivity contribution is 0.581. The molecule has 130 valence electrons. The third-order valence-electron chi connectivity index (χ3n) is 3.54. The van der Waals surface area contributed by atoms with Crippen LogP contribution in [-0.2, 0) is 16.4 Å². The van der Waals surface area contributed by atoms with Gasteiger partial charge in [0.05, 0.1) is 10.6 Å². The maximum Gasteiger partial charge on any atom is 0.240 e. The highest BCUT2D eigenvalue weighted by Crippen LogP contribution is 2.16. The number of anilines is 1. The van der Waals surface area contributed by atoms with Gasteiger partial charge in [0.25, 0.3) is 0 Å². The molecule has 2 aromatic rings. The van der Waals surface area contributed by atoms with Crippen LogP contribution >= 0.6 is 0 Å². The van der Waals surface area contributed by atoms with Gasteiger partial charge in [0.2, 0.25) is 10.0 Å². The highest BCUT2D eigenvalue weighted by Gasteiger charge is 2.16. The van der Waals surface area contributed by atoms with Crippen LogP contribution in [0.1, 0.15) is 23.7 Å². The first-order chi connectivity index (χ1) is 11.3. The summed E-state index contributed by atoms with van der Waals surface area (Å²) in [4.78, 5) is 7.93. The quantitative estimate of drug-likeness (QED) is 0.746. The molecule has 0 saturated carbocycles. The van der Waals surface area contributed by atoms with Crippen molar-refractivity contribution in [2.75, 3.05) is 18.4 Å². The van der Waals surface area contributed by atoms with E-state index >= 15 is 0 Å². The SMILES string of the molecule is CCc1ncnc(NCCNS(=O)(=O)c2cc(C)ccc2C)c1F. The van der Waals surface area contributed by atoms with Gasteiger partial charge in [-0.1, -0.05) is 19.1 Å². The monoisotopic (exact) mass is 352 g/mol. The van der Waals surface area contributed by atoms with Gasteiger partial charge in [0.15, 0.2) is 11.6 Å². The third kappa shape index (κ3) is 4.27. The molecule has 0 saturated heterocycles. The maximum absolute atomic E-state index is 14.0. The van der Waals surface area contributed by atoms with Crippen LogP contribution in [0.15, 0.2) is 29.4 Å². The van der Waals surface area contributed by atoms with Crippen LogP contribution < -0.4 is 10.0 Å². The molecule has 1 aromatic carbocycles. The number of hydrogen-bond acceptors (Lipinski definition) is 5. The second-order valence-corrected chi connectivity index (χ2v) is 7.17. The van der Waals surface area contributed by atoms with Gasteiger partial charge in [-0.25, -0.2) is 27.5 Å². The fourth-order valence-electron chi connectivity index (χ4n) is 2.22. The Morgan fingerprint density at radius 3 is 2.62 bits per heavy atom. The second kappa shape index (κ2) is 7.67. The summed E-state index contributed by atoms with van der Waals surface area (Å²) in [6.07, 6.45) is 1.74. The summed E-state index contributed by atoms with van der Waals surface area (Å²) in [5.74, 6) is -0.426. The zero-order valence-corrected chi connectivity index (χ0v) is 14.7. The molecule has 0 fully saturated rings. The number of rotatable bonds is 7. The lowest BCUT2D eigenvalue weighted by Crippen LogP contribution is -2.29. The third-order valence-corrected chi connectivity index (χ3v) is 5.14. The molecule has 2 rings (SSSR count). The van der Waals surface area contributed by atoms with Gasteiger partial charge in [-0.3, -0.25) is 0 Å². The first-order valence-electron chi connectivity index (χ1n) is 7.65. The van der Waals surface area contributed by atoms with Gasteiger partial charge in [-0.05, 0) is 37.5 Å². The molecule has 6 nitrogen and oxygen atoms in total. The number of halogens is 1. The van der Waals surface area contributed by atoms with Gasteiger partial charge < -0.3 is 5.32 Å². The number of aromatic nitrogens is 2. The van der Waals surface area contributed by atoms with E-state index in [0.717, 1.165) is 5.56 Å². The van der Waals surface area contributed by atoms with Crippen molar-refractivity contribution in [1.82, 2.24) is 14.7 Å². The number of aryl methyl sites for hydroxylation is 3. The minimum absolute atomic E-state index is 0.0767. The molecule has 1 heterocycles. The minimum atomic E-state index is -3.61. The summed E-state index contributed by atoms with van der Waals surface area (Å²) in [6, 6.07) is 5.26. The van der Waals surface area contributed by atoms with Crippen LogP contribution in [0.3, 0.4) is 0 Å². The van der Waals surface area contributed by atoms with E-state index in [1.165, 1.54) is 6.33 Å². The lowest BCUT2D eigenvalue weighted by Gasteiger charge is -2.11. The lowest BCUT2D eigenvalue weighted by atomic mass is 10.2. The molecule has 0 spiro atoms. The Hall–Kier alpha value is -2.06. The molecule has 1 aromatic heterocycles. The molecule has 2 N–H and O–H groups in total. The van der Waals surface area contributed by atoms with Gasteiger partial charge in [0, 0.05) is 13.1 Å². The van der Waals surface area contributed by atoms with Crippen LogP contribution in [0.5, 0.6) is 0 Å². The summed E-state index contributed by atoms with van der Waals surface area (Å²) in [6.45, 7) is 5.70. The van der Waals surface area contributed by atoms with Crippen molar-refractivity contribution in [1.29, 1.82) is 0 Å².